The minimum absolute atomic E-state index is 0.158. The summed E-state index contributed by atoms with van der Waals surface area (Å²) >= 11 is 11.4. The second kappa shape index (κ2) is 9.15. The molecule has 0 radical (unpaired) electrons. The summed E-state index contributed by atoms with van der Waals surface area (Å²) in [6.45, 7) is 2.66. The van der Waals surface area contributed by atoms with Gasteiger partial charge in [-0.25, -0.2) is 19.4 Å². The topological polar surface area (TPSA) is 91.3 Å². The van der Waals surface area contributed by atoms with Crippen molar-refractivity contribution >= 4 is 37.0 Å². The van der Waals surface area contributed by atoms with Gasteiger partial charge in [0.1, 0.15) is 6.23 Å². The van der Waals surface area contributed by atoms with Crippen LogP contribution in [-0.2, 0) is 13.9 Å². The number of halogens is 2. The van der Waals surface area contributed by atoms with Crippen molar-refractivity contribution in [2.75, 3.05) is 38.0 Å². The number of carboxylic acid groups (broad SMARTS) is 1. The Bertz CT molecular complexity index is 384. The van der Waals surface area contributed by atoms with Gasteiger partial charge in [0.25, 0.3) is 0 Å². The summed E-state index contributed by atoms with van der Waals surface area (Å²) in [5.74, 6) is 0.543. The molecule has 1 heterocycles. The zero-order chi connectivity index (χ0) is 15.9. The van der Waals surface area contributed by atoms with E-state index in [0.29, 0.717) is 19.5 Å². The molecule has 0 aromatic rings. The molecule has 1 saturated heterocycles. The molecular weight excluding hydrogens is 344 g/mol. The maximum absolute atomic E-state index is 12.8. The first kappa shape index (κ1) is 19.0. The number of alkyl halides is 2. The molecule has 2 N–H and O–H groups in total. The second-order valence-electron chi connectivity index (χ2n) is 4.17. The Morgan fingerprint density at radius 1 is 1.48 bits per heavy atom. The molecule has 11 heteroatoms. The molecule has 1 amide bonds. The van der Waals surface area contributed by atoms with E-state index in [1.807, 2.05) is 0 Å². The summed E-state index contributed by atoms with van der Waals surface area (Å²) in [5.41, 5.74) is 0. The molecule has 0 saturated carbocycles. The first-order valence-corrected chi connectivity index (χ1v) is 9.18. The summed E-state index contributed by atoms with van der Waals surface area (Å²) < 4.78 is 19.7. The fraction of sp³-hybridized carbons (Fsp3) is 0.900. The Hall–Kier alpha value is -0.0800. The highest BCUT2D eigenvalue weighted by molar-refractivity contribution is 7.54. The van der Waals surface area contributed by atoms with Gasteiger partial charge >= 0.3 is 13.8 Å². The highest BCUT2D eigenvalue weighted by atomic mass is 35.5. The van der Waals surface area contributed by atoms with Crippen molar-refractivity contribution in [1.82, 2.24) is 14.8 Å². The van der Waals surface area contributed by atoms with Gasteiger partial charge < -0.3 is 9.63 Å². The Labute approximate surface area is 133 Å². The molecule has 0 aromatic heterocycles. The van der Waals surface area contributed by atoms with Crippen molar-refractivity contribution in [1.29, 1.82) is 0 Å². The zero-order valence-electron chi connectivity index (χ0n) is 11.7. The number of nitrogens with one attached hydrogen (secondary N) is 1. The van der Waals surface area contributed by atoms with Gasteiger partial charge in [-0.15, -0.1) is 23.2 Å². The summed E-state index contributed by atoms with van der Waals surface area (Å²) in [4.78, 5) is 16.2. The lowest BCUT2D eigenvalue weighted by molar-refractivity contribution is -0.180. The van der Waals surface area contributed by atoms with Crippen molar-refractivity contribution < 1.29 is 23.8 Å². The van der Waals surface area contributed by atoms with E-state index in [1.165, 1.54) is 4.67 Å². The van der Waals surface area contributed by atoms with Crippen molar-refractivity contribution in [2.24, 2.45) is 0 Å². The molecule has 0 spiro atoms. The lowest BCUT2D eigenvalue weighted by Gasteiger charge is -2.37. The van der Waals surface area contributed by atoms with E-state index in [2.05, 4.69) is 5.09 Å². The van der Waals surface area contributed by atoms with Crippen LogP contribution in [0.5, 0.6) is 0 Å². The van der Waals surface area contributed by atoms with Crippen molar-refractivity contribution in [3.8, 4) is 0 Å². The average Bonchev–Trinajstić information content (AvgIpc) is 2.44. The minimum atomic E-state index is -3.34. The van der Waals surface area contributed by atoms with Crippen LogP contribution in [0.4, 0.5) is 4.79 Å². The zero-order valence-corrected chi connectivity index (χ0v) is 14.1. The fourth-order valence-electron chi connectivity index (χ4n) is 1.79. The van der Waals surface area contributed by atoms with Gasteiger partial charge in [-0.1, -0.05) is 0 Å². The SMILES string of the molecule is CCN(OC1CCOP(=O)(N(CCCl)CCCl)N1)C(=O)O. The van der Waals surface area contributed by atoms with Crippen LogP contribution >= 0.6 is 30.9 Å². The smallest absolute Gasteiger partial charge is 0.431 e. The number of amides is 1. The first-order chi connectivity index (χ1) is 9.96. The lowest BCUT2D eigenvalue weighted by atomic mass is 10.4. The normalized spacial score (nSPS) is 26.0. The third kappa shape index (κ3) is 5.56. The predicted molar refractivity (Wildman–Crippen MR) is 79.6 cm³/mol. The standard InChI is InChI=1S/C10H20Cl2N3O5P/c1-2-15(10(16)17)20-9-3-8-19-21(18,13-9)14(6-4-11)7-5-12/h9H,2-8H2,1H3,(H,13,18)(H,16,17). The Kier molecular flexibility index (Phi) is 8.26. The largest absolute Gasteiger partial charge is 0.463 e. The van der Waals surface area contributed by atoms with Gasteiger partial charge in [0.2, 0.25) is 0 Å². The Morgan fingerprint density at radius 2 is 2.10 bits per heavy atom. The lowest BCUT2D eigenvalue weighted by Crippen LogP contribution is -2.46. The van der Waals surface area contributed by atoms with Gasteiger partial charge in [-0.2, -0.15) is 5.06 Å². The molecule has 2 unspecified atom stereocenters. The third-order valence-electron chi connectivity index (χ3n) is 2.77. The van der Waals surface area contributed by atoms with E-state index in [1.54, 1.807) is 6.92 Å². The highest BCUT2D eigenvalue weighted by Gasteiger charge is 2.38. The molecule has 1 fully saturated rings. The van der Waals surface area contributed by atoms with Crippen LogP contribution in [0.2, 0.25) is 0 Å². The average molecular weight is 364 g/mol. The fourth-order valence-corrected chi connectivity index (χ4v) is 4.45. The van der Waals surface area contributed by atoms with Gasteiger partial charge in [-0.3, -0.25) is 4.57 Å². The third-order valence-corrected chi connectivity index (χ3v) is 5.40. The van der Waals surface area contributed by atoms with Crippen LogP contribution in [0, 0.1) is 0 Å². The number of hydrogen-bond acceptors (Lipinski definition) is 4. The van der Waals surface area contributed by atoms with Crippen LogP contribution in [0.15, 0.2) is 0 Å². The van der Waals surface area contributed by atoms with Crippen LogP contribution in [0.1, 0.15) is 13.3 Å². The molecule has 124 valence electrons. The number of nitrogens with zero attached hydrogens (tertiary/aromatic N) is 2. The predicted octanol–water partition coefficient (Wildman–Crippen LogP) is 2.14. The molecular formula is C10H20Cl2N3O5P. The molecule has 2 atom stereocenters. The van der Waals surface area contributed by atoms with E-state index < -0.39 is 20.0 Å². The molecule has 0 aromatic carbocycles. The van der Waals surface area contributed by atoms with Crippen LogP contribution in [0.3, 0.4) is 0 Å². The number of hydroxylamine groups is 2. The van der Waals surface area contributed by atoms with Crippen molar-refractivity contribution in [3.63, 3.8) is 0 Å². The highest BCUT2D eigenvalue weighted by Crippen LogP contribution is 2.49. The van der Waals surface area contributed by atoms with Crippen LogP contribution in [-0.4, -0.2) is 65.2 Å². The van der Waals surface area contributed by atoms with E-state index in [-0.39, 0.29) is 24.9 Å². The minimum Gasteiger partial charge on any atom is -0.463 e. The van der Waals surface area contributed by atoms with E-state index in [9.17, 15) is 9.36 Å². The number of rotatable bonds is 8. The molecule has 0 aliphatic carbocycles. The second-order valence-corrected chi connectivity index (χ2v) is 7.05. The van der Waals surface area contributed by atoms with Gasteiger partial charge in [-0.05, 0) is 6.92 Å². The summed E-state index contributed by atoms with van der Waals surface area (Å²) in [7, 11) is -3.34. The van der Waals surface area contributed by atoms with Crippen LogP contribution < -0.4 is 5.09 Å². The molecule has 1 aliphatic heterocycles. The first-order valence-electron chi connectivity index (χ1n) is 6.53. The molecule has 8 nitrogen and oxygen atoms in total. The quantitative estimate of drug-likeness (QED) is 0.387. The number of carbonyl (C=O) groups is 1. The van der Waals surface area contributed by atoms with Crippen molar-refractivity contribution in [2.45, 2.75) is 19.6 Å². The summed E-state index contributed by atoms with van der Waals surface area (Å²) in [6, 6.07) is 0. The maximum atomic E-state index is 12.8. The van der Waals surface area contributed by atoms with E-state index in [0.717, 1.165) is 5.06 Å². The molecule has 0 bridgehead atoms. The maximum Gasteiger partial charge on any atom is 0.431 e. The van der Waals surface area contributed by atoms with Gasteiger partial charge in [0, 0.05) is 37.8 Å². The Morgan fingerprint density at radius 3 is 2.57 bits per heavy atom. The number of hydrogen-bond donors (Lipinski definition) is 2. The van der Waals surface area contributed by atoms with Gasteiger partial charge in [0.15, 0.2) is 0 Å². The van der Waals surface area contributed by atoms with Gasteiger partial charge in [0.05, 0.1) is 6.61 Å². The van der Waals surface area contributed by atoms with E-state index in [4.69, 9.17) is 37.7 Å². The van der Waals surface area contributed by atoms with E-state index >= 15 is 0 Å². The molecule has 1 aliphatic rings. The monoisotopic (exact) mass is 363 g/mol. The summed E-state index contributed by atoms with van der Waals surface area (Å²) in [5, 5.41) is 12.5. The Balaban J connectivity index is 2.72. The molecule has 1 rings (SSSR count). The van der Waals surface area contributed by atoms with Crippen LogP contribution in [0.25, 0.3) is 0 Å². The van der Waals surface area contributed by atoms with Crippen molar-refractivity contribution in [3.05, 3.63) is 0 Å². The summed E-state index contributed by atoms with van der Waals surface area (Å²) in [6.07, 6.45) is -1.55. The molecule has 21 heavy (non-hydrogen) atoms.